The van der Waals surface area contributed by atoms with Crippen molar-refractivity contribution in [3.63, 3.8) is 0 Å². The Morgan fingerprint density at radius 3 is 2.64 bits per heavy atom. The molecule has 1 aliphatic heterocycles. The molecule has 1 N–H and O–H groups in total. The molecule has 1 atom stereocenters. The first kappa shape index (κ1) is 22.7. The van der Waals surface area contributed by atoms with Crippen LogP contribution in [0.2, 0.25) is 0 Å². The molecule has 33 heavy (non-hydrogen) atoms. The molecule has 0 aliphatic carbocycles. The zero-order chi connectivity index (χ0) is 23.4. The predicted octanol–water partition coefficient (Wildman–Crippen LogP) is 4.44. The Kier molecular flexibility index (Phi) is 6.88. The molecule has 9 heteroatoms. The summed E-state index contributed by atoms with van der Waals surface area (Å²) in [6.07, 6.45) is 0. The van der Waals surface area contributed by atoms with Crippen molar-refractivity contribution >= 4 is 23.7 Å². The van der Waals surface area contributed by atoms with E-state index in [1.165, 1.54) is 17.3 Å². The molecule has 0 saturated carbocycles. The van der Waals surface area contributed by atoms with Crippen LogP contribution in [0.1, 0.15) is 31.0 Å². The highest BCUT2D eigenvalue weighted by atomic mass is 32.2. The molecule has 1 aliphatic rings. The van der Waals surface area contributed by atoms with Gasteiger partial charge in [-0.1, -0.05) is 42.1 Å². The molecule has 0 fully saturated rings. The van der Waals surface area contributed by atoms with Gasteiger partial charge in [0.2, 0.25) is 11.1 Å². The summed E-state index contributed by atoms with van der Waals surface area (Å²) >= 11 is 1.53. The Labute approximate surface area is 197 Å². The summed E-state index contributed by atoms with van der Waals surface area (Å²) in [5.74, 6) is 2.11. The zero-order valence-corrected chi connectivity index (χ0v) is 19.8. The summed E-state index contributed by atoms with van der Waals surface area (Å²) in [6.45, 7) is 3.89. The van der Waals surface area contributed by atoms with E-state index < -0.39 is 12.0 Å². The number of nitrogens with zero attached hydrogens (tertiary/aromatic N) is 3. The second kappa shape index (κ2) is 9.99. The van der Waals surface area contributed by atoms with Crippen molar-refractivity contribution in [2.24, 2.45) is 0 Å². The summed E-state index contributed by atoms with van der Waals surface area (Å²) in [4.78, 5) is 17.7. The van der Waals surface area contributed by atoms with E-state index in [4.69, 9.17) is 19.3 Å². The van der Waals surface area contributed by atoms with Crippen molar-refractivity contribution in [2.75, 3.05) is 26.1 Å². The smallest absolute Gasteiger partial charge is 0.338 e. The summed E-state index contributed by atoms with van der Waals surface area (Å²) in [6, 6.07) is 15.1. The molecular weight excluding hydrogens is 440 g/mol. The Balaban J connectivity index is 1.76. The number of benzene rings is 2. The fraction of sp³-hybridized carbons (Fsp3) is 0.292. The van der Waals surface area contributed by atoms with E-state index in [1.54, 1.807) is 31.9 Å². The van der Waals surface area contributed by atoms with E-state index in [1.807, 2.05) is 37.3 Å². The van der Waals surface area contributed by atoms with Crippen molar-refractivity contribution in [2.45, 2.75) is 30.8 Å². The number of aromatic nitrogens is 3. The Hall–Kier alpha value is -3.46. The first-order valence-corrected chi connectivity index (χ1v) is 11.5. The average molecular weight is 467 g/mol. The summed E-state index contributed by atoms with van der Waals surface area (Å²) in [7, 11) is 3.18. The van der Waals surface area contributed by atoms with Crippen LogP contribution in [0.25, 0.3) is 0 Å². The third kappa shape index (κ3) is 4.68. The van der Waals surface area contributed by atoms with Crippen molar-refractivity contribution in [1.29, 1.82) is 0 Å². The van der Waals surface area contributed by atoms with Crippen molar-refractivity contribution < 1.29 is 19.0 Å². The third-order valence-corrected chi connectivity index (χ3v) is 6.18. The number of esters is 1. The molecule has 0 saturated heterocycles. The number of hydrogen-bond acceptors (Lipinski definition) is 8. The highest BCUT2D eigenvalue weighted by molar-refractivity contribution is 7.98. The van der Waals surface area contributed by atoms with Gasteiger partial charge in [-0.05, 0) is 31.5 Å². The van der Waals surface area contributed by atoms with Gasteiger partial charge in [0.05, 0.1) is 26.4 Å². The SMILES string of the molecule is CCOC(=O)C1=C(C)Nc2nc(SCc3ccccc3)nn2C1c1ccc(OC)cc1OC. The molecule has 0 radical (unpaired) electrons. The molecule has 4 rings (SSSR count). The monoisotopic (exact) mass is 466 g/mol. The fourth-order valence-electron chi connectivity index (χ4n) is 3.72. The maximum atomic E-state index is 13.0. The van der Waals surface area contributed by atoms with Gasteiger partial charge in [0, 0.05) is 23.1 Å². The zero-order valence-electron chi connectivity index (χ0n) is 19.0. The molecule has 0 amide bonds. The second-order valence-electron chi connectivity index (χ2n) is 7.33. The Bertz CT molecular complexity index is 1180. The molecule has 8 nitrogen and oxygen atoms in total. The van der Waals surface area contributed by atoms with Crippen LogP contribution < -0.4 is 14.8 Å². The minimum Gasteiger partial charge on any atom is -0.497 e. The van der Waals surface area contributed by atoms with E-state index in [2.05, 4.69) is 22.4 Å². The third-order valence-electron chi connectivity index (χ3n) is 5.27. The van der Waals surface area contributed by atoms with Crippen molar-refractivity contribution in [3.8, 4) is 11.5 Å². The molecule has 2 heterocycles. The standard InChI is InChI=1S/C24H26N4O4S/c1-5-32-22(29)20-15(2)25-23-26-24(33-14-16-9-7-6-8-10-16)27-28(23)21(20)18-12-11-17(30-3)13-19(18)31-4/h6-13,21H,5,14H2,1-4H3,(H,25,26,27). The lowest BCUT2D eigenvalue weighted by Crippen LogP contribution is -2.30. The Morgan fingerprint density at radius 1 is 1.15 bits per heavy atom. The maximum Gasteiger partial charge on any atom is 0.338 e. The number of nitrogens with one attached hydrogen (secondary N) is 1. The van der Waals surface area contributed by atoms with Crippen LogP contribution in [-0.4, -0.2) is 41.6 Å². The van der Waals surface area contributed by atoms with Gasteiger partial charge >= 0.3 is 5.97 Å². The van der Waals surface area contributed by atoms with Crippen LogP contribution in [0.4, 0.5) is 5.95 Å². The molecule has 0 bridgehead atoms. The van der Waals surface area contributed by atoms with E-state index in [0.29, 0.717) is 33.9 Å². The minimum absolute atomic E-state index is 0.268. The second-order valence-corrected chi connectivity index (χ2v) is 8.27. The summed E-state index contributed by atoms with van der Waals surface area (Å²) in [5, 5.41) is 8.57. The summed E-state index contributed by atoms with van der Waals surface area (Å²) < 4.78 is 18.1. The molecule has 1 aromatic heterocycles. The van der Waals surface area contributed by atoms with Crippen molar-refractivity contribution in [3.05, 3.63) is 70.9 Å². The van der Waals surface area contributed by atoms with Gasteiger partial charge in [0.15, 0.2) is 0 Å². The number of anilines is 1. The predicted molar refractivity (Wildman–Crippen MR) is 127 cm³/mol. The Morgan fingerprint density at radius 2 is 1.94 bits per heavy atom. The van der Waals surface area contributed by atoms with E-state index in [-0.39, 0.29) is 6.61 Å². The molecule has 3 aromatic rings. The number of carbonyl (C=O) groups excluding carboxylic acids is 1. The normalized spacial score (nSPS) is 15.0. The maximum absolute atomic E-state index is 13.0. The summed E-state index contributed by atoms with van der Waals surface area (Å²) in [5.41, 5.74) is 3.05. The molecule has 172 valence electrons. The lowest BCUT2D eigenvalue weighted by atomic mass is 9.95. The number of fused-ring (bicyclic) bond motifs is 1. The number of methoxy groups -OCH3 is 2. The number of allylic oxidation sites excluding steroid dienone is 1. The number of ether oxygens (including phenoxy) is 3. The molecule has 2 aromatic carbocycles. The fourth-order valence-corrected chi connectivity index (χ4v) is 4.50. The molecule has 0 spiro atoms. The lowest BCUT2D eigenvalue weighted by molar-refractivity contribution is -0.139. The van der Waals surface area contributed by atoms with Gasteiger partial charge < -0.3 is 19.5 Å². The van der Waals surface area contributed by atoms with Gasteiger partial charge in [0.25, 0.3) is 0 Å². The topological polar surface area (TPSA) is 87.5 Å². The largest absolute Gasteiger partial charge is 0.497 e. The van der Waals surface area contributed by atoms with Gasteiger partial charge in [-0.15, -0.1) is 5.10 Å². The van der Waals surface area contributed by atoms with Crippen LogP contribution in [0.5, 0.6) is 11.5 Å². The molecule has 1 unspecified atom stereocenters. The number of thioether (sulfide) groups is 1. The van der Waals surface area contributed by atoms with E-state index >= 15 is 0 Å². The van der Waals surface area contributed by atoms with Gasteiger partial charge in [-0.2, -0.15) is 4.98 Å². The van der Waals surface area contributed by atoms with E-state index in [9.17, 15) is 4.79 Å². The van der Waals surface area contributed by atoms with E-state index in [0.717, 1.165) is 11.3 Å². The quantitative estimate of drug-likeness (QED) is 0.385. The average Bonchev–Trinajstić information content (AvgIpc) is 3.24. The van der Waals surface area contributed by atoms with Crippen LogP contribution >= 0.6 is 11.8 Å². The lowest BCUT2D eigenvalue weighted by Gasteiger charge is -2.29. The number of rotatable bonds is 8. The van der Waals surface area contributed by atoms with Crippen LogP contribution in [0.15, 0.2) is 65.0 Å². The minimum atomic E-state index is -0.570. The van der Waals surface area contributed by atoms with Gasteiger partial charge in [-0.25, -0.2) is 9.48 Å². The van der Waals surface area contributed by atoms with Crippen LogP contribution in [0, 0.1) is 0 Å². The first-order valence-electron chi connectivity index (χ1n) is 10.6. The number of hydrogen-bond donors (Lipinski definition) is 1. The van der Waals surface area contributed by atoms with Crippen LogP contribution in [0.3, 0.4) is 0 Å². The van der Waals surface area contributed by atoms with Gasteiger partial charge in [0.1, 0.15) is 17.5 Å². The van der Waals surface area contributed by atoms with Crippen LogP contribution in [-0.2, 0) is 15.3 Å². The highest BCUT2D eigenvalue weighted by Gasteiger charge is 2.36. The molecular formula is C24H26N4O4S. The first-order chi connectivity index (χ1) is 16.0. The number of carbonyl (C=O) groups is 1. The van der Waals surface area contributed by atoms with Gasteiger partial charge in [-0.3, -0.25) is 0 Å². The highest BCUT2D eigenvalue weighted by Crippen LogP contribution is 2.41. The van der Waals surface area contributed by atoms with Crippen molar-refractivity contribution in [1.82, 2.24) is 14.8 Å².